The second-order valence-electron chi connectivity index (χ2n) is 7.86. The van der Waals surface area contributed by atoms with Crippen LogP contribution < -0.4 is 0 Å². The minimum absolute atomic E-state index is 0.310. The Labute approximate surface area is 202 Å². The predicted octanol–water partition coefficient (Wildman–Crippen LogP) is 5.01. The van der Waals surface area contributed by atoms with Crippen molar-refractivity contribution in [2.75, 3.05) is 0 Å². The fraction of sp³-hybridized carbons (Fsp3) is 0. The minimum Gasteiger partial charge on any atom is -0.415 e. The van der Waals surface area contributed by atoms with E-state index in [0.29, 0.717) is 46.1 Å². The number of benzene rings is 1. The molecule has 0 bridgehead atoms. The van der Waals surface area contributed by atoms with Crippen molar-refractivity contribution in [1.29, 1.82) is 0 Å². The molecule has 170 valence electrons. The fourth-order valence-electron chi connectivity index (χ4n) is 4.00. The zero-order chi connectivity index (χ0) is 23.9. The highest BCUT2D eigenvalue weighted by molar-refractivity contribution is 5.90. The highest BCUT2D eigenvalue weighted by Gasteiger charge is 2.18. The molecular formula is C26H14N8O2. The maximum Gasteiger partial charge on any atom is 0.267 e. The lowest BCUT2D eigenvalue weighted by Gasteiger charge is -2.01. The van der Waals surface area contributed by atoms with Crippen LogP contribution in [0.2, 0.25) is 0 Å². The van der Waals surface area contributed by atoms with Crippen LogP contribution in [-0.4, -0.2) is 40.3 Å². The number of fused-ring (bicyclic) bond motifs is 2. The van der Waals surface area contributed by atoms with Gasteiger partial charge in [-0.1, -0.05) is 6.07 Å². The van der Waals surface area contributed by atoms with Gasteiger partial charge in [-0.15, -0.1) is 20.4 Å². The standard InChI is InChI=1S/C26H14N8O2/c1-4-15(23-31-33-25(35-23)21-17-6-2-10-27-19(17)8-12-29-21)14-16(5-1)24-32-34-26(36-24)22-18-7-3-11-28-20(18)9-13-30-22/h1-14H. The molecule has 0 saturated carbocycles. The Balaban J connectivity index is 1.24. The van der Waals surface area contributed by atoms with Gasteiger partial charge in [-0.3, -0.25) is 19.9 Å². The van der Waals surface area contributed by atoms with Crippen molar-refractivity contribution in [3.8, 4) is 46.1 Å². The quantitative estimate of drug-likeness (QED) is 0.346. The first-order chi connectivity index (χ1) is 17.8. The smallest absolute Gasteiger partial charge is 0.267 e. The van der Waals surface area contributed by atoms with E-state index in [2.05, 4.69) is 40.3 Å². The summed E-state index contributed by atoms with van der Waals surface area (Å²) in [6.45, 7) is 0. The van der Waals surface area contributed by atoms with Crippen LogP contribution >= 0.6 is 0 Å². The van der Waals surface area contributed by atoms with E-state index in [4.69, 9.17) is 8.83 Å². The van der Waals surface area contributed by atoms with Crippen molar-refractivity contribution in [2.45, 2.75) is 0 Å². The largest absolute Gasteiger partial charge is 0.415 e. The molecular weight excluding hydrogens is 456 g/mol. The second kappa shape index (κ2) is 8.13. The Hall–Kier alpha value is -5.38. The second-order valence-corrected chi connectivity index (χ2v) is 7.86. The highest BCUT2D eigenvalue weighted by Crippen LogP contribution is 2.31. The summed E-state index contributed by atoms with van der Waals surface area (Å²) < 4.78 is 12.0. The lowest BCUT2D eigenvalue weighted by Crippen LogP contribution is -1.87. The maximum atomic E-state index is 5.98. The molecule has 0 aliphatic rings. The van der Waals surface area contributed by atoms with Gasteiger partial charge in [0.05, 0.1) is 11.0 Å². The number of aromatic nitrogens is 8. The molecule has 10 heteroatoms. The normalized spacial score (nSPS) is 11.3. The van der Waals surface area contributed by atoms with Gasteiger partial charge in [0.15, 0.2) is 0 Å². The zero-order valence-corrected chi connectivity index (χ0v) is 18.5. The fourth-order valence-corrected chi connectivity index (χ4v) is 4.00. The van der Waals surface area contributed by atoms with Crippen LogP contribution in [0.4, 0.5) is 0 Å². The minimum atomic E-state index is 0.310. The molecule has 6 heterocycles. The molecule has 0 N–H and O–H groups in total. The molecule has 0 unspecified atom stereocenters. The Morgan fingerprint density at radius 3 is 1.47 bits per heavy atom. The van der Waals surface area contributed by atoms with E-state index >= 15 is 0 Å². The third-order valence-electron chi connectivity index (χ3n) is 5.67. The van der Waals surface area contributed by atoms with E-state index in [1.54, 1.807) is 24.8 Å². The van der Waals surface area contributed by atoms with Crippen molar-refractivity contribution in [3.63, 3.8) is 0 Å². The van der Waals surface area contributed by atoms with Crippen LogP contribution in [0.15, 0.2) is 94.3 Å². The zero-order valence-electron chi connectivity index (χ0n) is 18.5. The Kier molecular flexibility index (Phi) is 4.53. The van der Waals surface area contributed by atoms with Gasteiger partial charge in [-0.2, -0.15) is 0 Å². The number of rotatable bonds is 4. The summed E-state index contributed by atoms with van der Waals surface area (Å²) in [5.74, 6) is 1.31. The van der Waals surface area contributed by atoms with Gasteiger partial charge < -0.3 is 8.83 Å². The van der Waals surface area contributed by atoms with Crippen molar-refractivity contribution >= 4 is 21.8 Å². The summed E-state index contributed by atoms with van der Waals surface area (Å²) in [4.78, 5) is 17.6. The summed E-state index contributed by atoms with van der Waals surface area (Å²) in [6, 6.07) is 18.7. The van der Waals surface area contributed by atoms with Crippen LogP contribution in [0, 0.1) is 0 Å². The van der Waals surface area contributed by atoms with Crippen LogP contribution in [-0.2, 0) is 0 Å². The average molecular weight is 470 g/mol. The first-order valence-electron chi connectivity index (χ1n) is 11.0. The maximum absolute atomic E-state index is 5.98. The van der Waals surface area contributed by atoms with Crippen molar-refractivity contribution in [2.24, 2.45) is 0 Å². The van der Waals surface area contributed by atoms with Crippen LogP contribution in [0.25, 0.3) is 67.9 Å². The lowest BCUT2D eigenvalue weighted by molar-refractivity contribution is 0.581. The SMILES string of the molecule is c1cc(-c2nnc(-c3nccc4ncccc34)o2)cc(-c2nnc(-c3nccc4ncccc34)o2)c1. The Morgan fingerprint density at radius 2 is 0.944 bits per heavy atom. The molecule has 10 nitrogen and oxygen atoms in total. The van der Waals surface area contributed by atoms with Crippen LogP contribution in [0.5, 0.6) is 0 Å². The van der Waals surface area contributed by atoms with Gasteiger partial charge in [0.2, 0.25) is 11.8 Å². The molecule has 0 amide bonds. The molecule has 0 spiro atoms. The summed E-state index contributed by atoms with van der Waals surface area (Å²) in [5.41, 5.74) is 4.16. The monoisotopic (exact) mass is 470 g/mol. The molecule has 7 aromatic rings. The van der Waals surface area contributed by atoms with Gasteiger partial charge in [0.25, 0.3) is 11.8 Å². The third kappa shape index (κ3) is 3.36. The molecule has 6 aromatic heterocycles. The van der Waals surface area contributed by atoms with Crippen molar-refractivity contribution < 1.29 is 8.83 Å². The highest BCUT2D eigenvalue weighted by atomic mass is 16.4. The third-order valence-corrected chi connectivity index (χ3v) is 5.67. The number of hydrogen-bond acceptors (Lipinski definition) is 10. The molecule has 0 saturated heterocycles. The molecule has 0 aliphatic carbocycles. The molecule has 1 aromatic carbocycles. The van der Waals surface area contributed by atoms with E-state index in [-0.39, 0.29) is 0 Å². The summed E-state index contributed by atoms with van der Waals surface area (Å²) >= 11 is 0. The summed E-state index contributed by atoms with van der Waals surface area (Å²) in [6.07, 6.45) is 6.80. The molecule has 0 aliphatic heterocycles. The van der Waals surface area contributed by atoms with Crippen molar-refractivity contribution in [3.05, 3.63) is 85.5 Å². The van der Waals surface area contributed by atoms with E-state index < -0.39 is 0 Å². The summed E-state index contributed by atoms with van der Waals surface area (Å²) in [7, 11) is 0. The van der Waals surface area contributed by atoms with E-state index in [1.165, 1.54) is 0 Å². The number of pyridine rings is 4. The first-order valence-corrected chi connectivity index (χ1v) is 11.0. The lowest BCUT2D eigenvalue weighted by atomic mass is 10.1. The van der Waals surface area contributed by atoms with Crippen LogP contribution in [0.1, 0.15) is 0 Å². The summed E-state index contributed by atoms with van der Waals surface area (Å²) in [5, 5.41) is 18.6. The van der Waals surface area contributed by atoms with Gasteiger partial charge in [-0.05, 0) is 54.6 Å². The van der Waals surface area contributed by atoms with E-state index in [1.807, 2.05) is 60.7 Å². The van der Waals surface area contributed by atoms with Gasteiger partial charge in [-0.25, -0.2) is 0 Å². The van der Waals surface area contributed by atoms with Crippen molar-refractivity contribution in [1.82, 2.24) is 40.3 Å². The predicted molar refractivity (Wildman–Crippen MR) is 130 cm³/mol. The van der Waals surface area contributed by atoms with E-state index in [9.17, 15) is 0 Å². The first kappa shape index (κ1) is 20.0. The molecule has 0 atom stereocenters. The molecule has 36 heavy (non-hydrogen) atoms. The number of hydrogen-bond donors (Lipinski definition) is 0. The van der Waals surface area contributed by atoms with E-state index in [0.717, 1.165) is 21.8 Å². The molecule has 0 radical (unpaired) electrons. The average Bonchev–Trinajstić information content (AvgIpc) is 3.63. The Morgan fingerprint density at radius 1 is 0.444 bits per heavy atom. The topological polar surface area (TPSA) is 129 Å². The molecule has 0 fully saturated rings. The van der Waals surface area contributed by atoms with Gasteiger partial charge in [0.1, 0.15) is 11.4 Å². The van der Waals surface area contributed by atoms with Gasteiger partial charge >= 0.3 is 0 Å². The van der Waals surface area contributed by atoms with Gasteiger partial charge in [0, 0.05) is 46.7 Å². The number of nitrogens with zero attached hydrogens (tertiary/aromatic N) is 8. The Bertz CT molecular complexity index is 1730. The molecule has 7 rings (SSSR count). The van der Waals surface area contributed by atoms with Crippen LogP contribution in [0.3, 0.4) is 0 Å².